The normalized spacial score (nSPS) is 40.3. The Morgan fingerprint density at radius 3 is 2.70 bits per heavy atom. The van der Waals surface area contributed by atoms with Crippen LogP contribution in [0.3, 0.4) is 0 Å². The van der Waals surface area contributed by atoms with E-state index in [2.05, 4.69) is 28.4 Å². The Morgan fingerprint density at radius 1 is 1.06 bits per heavy atom. The number of benzene rings is 1. The summed E-state index contributed by atoms with van der Waals surface area (Å²) >= 11 is 0. The summed E-state index contributed by atoms with van der Waals surface area (Å²) in [6, 6.07) is 7.50. The van der Waals surface area contributed by atoms with Crippen LogP contribution in [0.2, 0.25) is 0 Å². The SMILES string of the molecule is COc1ccc2c(c1)[C@]13CCN(CC4CC4)[C@H](C2)[C@]12CC[C@@](NCC1CCCCC1)(CO2)C3. The molecule has 7 aliphatic rings. The number of piperidine rings is 1. The summed E-state index contributed by atoms with van der Waals surface area (Å²) in [4.78, 5) is 2.86. The number of likely N-dealkylation sites (tertiary alicyclic amines) is 1. The minimum absolute atomic E-state index is 0.00618. The van der Waals surface area contributed by atoms with Crippen molar-refractivity contribution in [3.8, 4) is 5.75 Å². The Kier molecular flexibility index (Phi) is 4.95. The van der Waals surface area contributed by atoms with Crippen LogP contribution >= 0.6 is 0 Å². The van der Waals surface area contributed by atoms with Gasteiger partial charge in [-0.25, -0.2) is 0 Å². The van der Waals surface area contributed by atoms with Gasteiger partial charge in [0.1, 0.15) is 5.75 Å². The number of nitrogens with zero attached hydrogens (tertiary/aromatic N) is 1. The number of fused-ring (bicyclic) bond motifs is 3. The Balaban J connectivity index is 1.25. The summed E-state index contributed by atoms with van der Waals surface area (Å²) in [6.45, 7) is 4.63. The van der Waals surface area contributed by atoms with Gasteiger partial charge in [-0.3, -0.25) is 4.90 Å². The second-order valence-corrected chi connectivity index (χ2v) is 12.5. The lowest BCUT2D eigenvalue weighted by atomic mass is 9.45. The van der Waals surface area contributed by atoms with E-state index in [9.17, 15) is 0 Å². The van der Waals surface area contributed by atoms with Gasteiger partial charge in [-0.15, -0.1) is 0 Å². The molecule has 4 heteroatoms. The van der Waals surface area contributed by atoms with E-state index in [1.54, 1.807) is 11.1 Å². The minimum atomic E-state index is -0.00618. The largest absolute Gasteiger partial charge is 0.497 e. The molecule has 3 saturated heterocycles. The van der Waals surface area contributed by atoms with E-state index >= 15 is 0 Å². The third-order valence-electron chi connectivity index (χ3n) is 10.8. The van der Waals surface area contributed by atoms with Crippen LogP contribution < -0.4 is 10.1 Å². The van der Waals surface area contributed by atoms with E-state index in [0.29, 0.717) is 6.04 Å². The molecule has 1 aromatic carbocycles. The molecule has 0 unspecified atom stereocenters. The van der Waals surface area contributed by atoms with Gasteiger partial charge >= 0.3 is 0 Å². The first-order valence-corrected chi connectivity index (χ1v) is 14.0. The molecule has 3 saturated carbocycles. The molecule has 33 heavy (non-hydrogen) atoms. The van der Waals surface area contributed by atoms with Crippen LogP contribution in [-0.2, 0) is 16.6 Å². The van der Waals surface area contributed by atoms with Crippen molar-refractivity contribution in [3.63, 3.8) is 0 Å². The van der Waals surface area contributed by atoms with Crippen molar-refractivity contribution in [1.82, 2.24) is 10.2 Å². The maximum atomic E-state index is 7.19. The topological polar surface area (TPSA) is 33.7 Å². The molecule has 8 rings (SSSR count). The highest BCUT2D eigenvalue weighted by Gasteiger charge is 2.71. The Morgan fingerprint density at radius 2 is 1.94 bits per heavy atom. The molecule has 6 fully saturated rings. The van der Waals surface area contributed by atoms with Gasteiger partial charge in [0.2, 0.25) is 0 Å². The average molecular weight is 451 g/mol. The van der Waals surface area contributed by atoms with E-state index in [4.69, 9.17) is 9.47 Å². The Labute approximate surface area is 199 Å². The van der Waals surface area contributed by atoms with Crippen molar-refractivity contribution in [3.05, 3.63) is 29.3 Å². The van der Waals surface area contributed by atoms with Gasteiger partial charge in [0.15, 0.2) is 0 Å². The van der Waals surface area contributed by atoms with Gasteiger partial charge in [0.05, 0.1) is 19.3 Å². The zero-order valence-electron chi connectivity index (χ0n) is 20.5. The Bertz CT molecular complexity index is 897. The van der Waals surface area contributed by atoms with Crippen molar-refractivity contribution >= 4 is 0 Å². The van der Waals surface area contributed by atoms with Gasteiger partial charge < -0.3 is 14.8 Å². The van der Waals surface area contributed by atoms with Gasteiger partial charge in [-0.05, 0) is 106 Å². The molecule has 4 bridgehead atoms. The fraction of sp³-hybridized carbons (Fsp3) is 0.793. The predicted octanol–water partition coefficient (Wildman–Crippen LogP) is 4.84. The fourth-order valence-corrected chi connectivity index (χ4v) is 8.82. The minimum Gasteiger partial charge on any atom is -0.497 e. The average Bonchev–Trinajstić information content (AvgIpc) is 3.69. The second kappa shape index (κ2) is 7.70. The highest BCUT2D eigenvalue weighted by Crippen LogP contribution is 2.65. The zero-order chi connectivity index (χ0) is 22.1. The second-order valence-electron chi connectivity index (χ2n) is 12.5. The summed E-state index contributed by atoms with van der Waals surface area (Å²) in [5.74, 6) is 2.82. The van der Waals surface area contributed by atoms with Crippen LogP contribution in [0.25, 0.3) is 0 Å². The molecule has 0 amide bonds. The van der Waals surface area contributed by atoms with Crippen LogP contribution in [0.15, 0.2) is 18.2 Å². The van der Waals surface area contributed by atoms with E-state index in [-0.39, 0.29) is 16.6 Å². The molecule has 3 heterocycles. The van der Waals surface area contributed by atoms with E-state index in [1.165, 1.54) is 90.3 Å². The van der Waals surface area contributed by atoms with Crippen molar-refractivity contribution in [2.45, 2.75) is 99.6 Å². The maximum absolute atomic E-state index is 7.19. The number of nitrogens with one attached hydrogen (secondary N) is 1. The molecule has 1 N–H and O–H groups in total. The first kappa shape index (κ1) is 21.2. The predicted molar refractivity (Wildman–Crippen MR) is 131 cm³/mol. The first-order valence-electron chi connectivity index (χ1n) is 14.0. The lowest BCUT2D eigenvalue weighted by Gasteiger charge is -2.72. The summed E-state index contributed by atoms with van der Waals surface area (Å²) < 4.78 is 12.9. The van der Waals surface area contributed by atoms with E-state index < -0.39 is 0 Å². The standard InChI is InChI=1S/C29H42N2O2/c1-32-24-10-9-23-15-26-29-12-11-27(20-33-29,30-17-21-5-3-2-4-6-21)19-28(29,25(23)16-24)13-14-31(26)18-22-7-8-22/h9-10,16,21-22,26,30H,2-8,11-15,17-20H2,1H3/t26-,27+,28-,29-/m1/s1. The van der Waals surface area contributed by atoms with Crippen LogP contribution in [-0.4, -0.2) is 55.4 Å². The van der Waals surface area contributed by atoms with Crippen LogP contribution in [0.4, 0.5) is 0 Å². The lowest BCUT2D eigenvalue weighted by molar-refractivity contribution is -0.263. The Hall–Kier alpha value is -1.10. The smallest absolute Gasteiger partial charge is 0.119 e. The number of methoxy groups -OCH3 is 1. The summed E-state index contributed by atoms with van der Waals surface area (Å²) in [6.07, 6.45) is 16.1. The van der Waals surface area contributed by atoms with Gasteiger partial charge in [0, 0.05) is 23.5 Å². The van der Waals surface area contributed by atoms with Crippen molar-refractivity contribution < 1.29 is 9.47 Å². The van der Waals surface area contributed by atoms with E-state index in [0.717, 1.165) is 30.6 Å². The molecule has 3 aliphatic heterocycles. The third-order valence-corrected chi connectivity index (χ3v) is 10.8. The molecular weight excluding hydrogens is 408 g/mol. The molecule has 4 nitrogen and oxygen atoms in total. The van der Waals surface area contributed by atoms with Crippen molar-refractivity contribution in [1.29, 1.82) is 0 Å². The van der Waals surface area contributed by atoms with Gasteiger partial charge in [-0.2, -0.15) is 0 Å². The molecule has 4 aliphatic carbocycles. The molecule has 0 aromatic heterocycles. The highest BCUT2D eigenvalue weighted by molar-refractivity contribution is 5.50. The highest BCUT2D eigenvalue weighted by atomic mass is 16.5. The number of hydrogen-bond acceptors (Lipinski definition) is 4. The molecule has 1 aromatic rings. The van der Waals surface area contributed by atoms with Crippen LogP contribution in [0.1, 0.15) is 81.8 Å². The lowest BCUT2D eigenvalue weighted by Crippen LogP contribution is -2.81. The molecule has 1 spiro atoms. The van der Waals surface area contributed by atoms with Crippen molar-refractivity contribution in [2.24, 2.45) is 11.8 Å². The molecule has 180 valence electrons. The maximum Gasteiger partial charge on any atom is 0.119 e. The van der Waals surface area contributed by atoms with Crippen LogP contribution in [0.5, 0.6) is 5.75 Å². The first-order chi connectivity index (χ1) is 16.2. The van der Waals surface area contributed by atoms with Crippen LogP contribution in [0, 0.1) is 11.8 Å². The van der Waals surface area contributed by atoms with Crippen molar-refractivity contribution in [2.75, 3.05) is 33.4 Å². The number of ether oxygens (including phenoxy) is 2. The summed E-state index contributed by atoms with van der Waals surface area (Å²) in [5, 5.41) is 4.16. The van der Waals surface area contributed by atoms with Gasteiger partial charge in [0.25, 0.3) is 0 Å². The molecule has 0 radical (unpaired) electrons. The summed E-state index contributed by atoms with van der Waals surface area (Å²) in [7, 11) is 1.82. The zero-order valence-corrected chi connectivity index (χ0v) is 20.5. The van der Waals surface area contributed by atoms with Gasteiger partial charge in [-0.1, -0.05) is 25.3 Å². The number of rotatable bonds is 6. The number of hydrogen-bond donors (Lipinski definition) is 1. The molecule has 4 atom stereocenters. The summed E-state index contributed by atoms with van der Waals surface area (Å²) in [5.41, 5.74) is 3.40. The molecular formula is C29H42N2O2. The quantitative estimate of drug-likeness (QED) is 0.673. The van der Waals surface area contributed by atoms with E-state index in [1.807, 2.05) is 7.11 Å². The third kappa shape index (κ3) is 3.19. The monoisotopic (exact) mass is 450 g/mol. The fourth-order valence-electron chi connectivity index (χ4n) is 8.82.